The summed E-state index contributed by atoms with van der Waals surface area (Å²) in [5.74, 6) is 0. The first-order valence-corrected chi connectivity index (χ1v) is 5.16. The van der Waals surface area contributed by atoms with E-state index in [0.29, 0.717) is 5.54 Å². The minimum absolute atomic E-state index is 0.422. The number of hydrogen-bond donors (Lipinski definition) is 0. The van der Waals surface area contributed by atoms with E-state index in [1.807, 2.05) is 0 Å². The predicted molar refractivity (Wildman–Crippen MR) is 53.2 cm³/mol. The van der Waals surface area contributed by atoms with Gasteiger partial charge in [0.15, 0.2) is 0 Å². The fourth-order valence-corrected chi connectivity index (χ4v) is 1.50. The van der Waals surface area contributed by atoms with Gasteiger partial charge in [-0.25, -0.2) is 0 Å². The second-order valence-electron chi connectivity index (χ2n) is 3.87. The smallest absolute Gasteiger partial charge is 0.0251 e. The molecule has 1 rings (SSSR count). The zero-order valence-corrected chi connectivity index (χ0v) is 8.95. The molecule has 0 unspecified atom stereocenters. The van der Waals surface area contributed by atoms with E-state index in [-0.39, 0.29) is 0 Å². The number of alkyl halides is 1. The zero-order valence-electron chi connectivity index (χ0n) is 7.36. The molecule has 0 radical (unpaired) electrons. The van der Waals surface area contributed by atoms with Gasteiger partial charge in [0.1, 0.15) is 0 Å². The number of hydrogen-bond acceptors (Lipinski definition) is 1. The van der Waals surface area contributed by atoms with Crippen molar-refractivity contribution in [3.05, 3.63) is 12.2 Å². The van der Waals surface area contributed by atoms with Crippen LogP contribution in [0, 0.1) is 0 Å². The molecule has 0 N–H and O–H groups in total. The maximum Gasteiger partial charge on any atom is 0.0251 e. The van der Waals surface area contributed by atoms with Gasteiger partial charge in [-0.3, -0.25) is 4.90 Å². The van der Waals surface area contributed by atoms with Crippen molar-refractivity contribution in [2.24, 2.45) is 0 Å². The van der Waals surface area contributed by atoms with E-state index in [4.69, 9.17) is 0 Å². The number of halogens is 1. The maximum atomic E-state index is 3.97. The molecule has 0 bridgehead atoms. The summed E-state index contributed by atoms with van der Waals surface area (Å²) in [7, 11) is 0. The molecule has 0 aliphatic carbocycles. The molecule has 64 valence electrons. The molecule has 1 fully saturated rings. The van der Waals surface area contributed by atoms with E-state index >= 15 is 0 Å². The van der Waals surface area contributed by atoms with Crippen LogP contribution in [0.1, 0.15) is 20.3 Å². The van der Waals surface area contributed by atoms with Crippen LogP contribution >= 0.6 is 15.9 Å². The van der Waals surface area contributed by atoms with E-state index in [0.717, 1.165) is 11.9 Å². The fourth-order valence-electron chi connectivity index (χ4n) is 1.32. The van der Waals surface area contributed by atoms with Crippen molar-refractivity contribution in [1.82, 2.24) is 4.90 Å². The molecular weight excluding hydrogens is 202 g/mol. The number of nitrogens with zero attached hydrogens (tertiary/aromatic N) is 1. The van der Waals surface area contributed by atoms with Gasteiger partial charge in [0, 0.05) is 24.0 Å². The molecule has 1 nitrogen and oxygen atoms in total. The number of likely N-dealkylation sites (tertiary alicyclic amines) is 1. The van der Waals surface area contributed by atoms with E-state index in [1.165, 1.54) is 18.5 Å². The van der Waals surface area contributed by atoms with Crippen molar-refractivity contribution in [2.75, 3.05) is 18.4 Å². The Balaban J connectivity index is 2.34. The maximum absolute atomic E-state index is 3.97. The van der Waals surface area contributed by atoms with Crippen molar-refractivity contribution in [2.45, 2.75) is 25.8 Å². The van der Waals surface area contributed by atoms with E-state index in [2.05, 4.69) is 41.3 Å². The minimum Gasteiger partial charge on any atom is -0.294 e. The lowest BCUT2D eigenvalue weighted by Crippen LogP contribution is -2.56. The Morgan fingerprint density at radius 2 is 2.27 bits per heavy atom. The Bertz CT molecular complexity index is 163. The summed E-state index contributed by atoms with van der Waals surface area (Å²) in [6.45, 7) is 10.8. The molecule has 0 aromatic carbocycles. The van der Waals surface area contributed by atoms with Crippen LogP contribution < -0.4 is 0 Å². The molecule has 0 aromatic rings. The van der Waals surface area contributed by atoms with Gasteiger partial charge in [0.2, 0.25) is 0 Å². The third kappa shape index (κ3) is 2.06. The first-order valence-electron chi connectivity index (χ1n) is 4.04. The third-order valence-corrected chi connectivity index (χ3v) is 3.25. The van der Waals surface area contributed by atoms with Crippen molar-refractivity contribution in [1.29, 1.82) is 0 Å². The highest BCUT2D eigenvalue weighted by Crippen LogP contribution is 2.29. The molecule has 0 saturated carbocycles. The van der Waals surface area contributed by atoms with Gasteiger partial charge < -0.3 is 0 Å². The van der Waals surface area contributed by atoms with E-state index in [9.17, 15) is 0 Å². The molecule has 1 aliphatic heterocycles. The van der Waals surface area contributed by atoms with Crippen LogP contribution in [0.15, 0.2) is 12.2 Å². The lowest BCUT2D eigenvalue weighted by atomic mass is 9.88. The molecule has 0 amide bonds. The highest BCUT2D eigenvalue weighted by atomic mass is 79.9. The van der Waals surface area contributed by atoms with Gasteiger partial charge in [-0.1, -0.05) is 28.1 Å². The first kappa shape index (κ1) is 9.27. The van der Waals surface area contributed by atoms with Crippen LogP contribution in [-0.2, 0) is 0 Å². The summed E-state index contributed by atoms with van der Waals surface area (Å²) in [4.78, 5) is 2.47. The quantitative estimate of drug-likeness (QED) is 0.519. The van der Waals surface area contributed by atoms with Gasteiger partial charge in [0.25, 0.3) is 0 Å². The Morgan fingerprint density at radius 3 is 2.55 bits per heavy atom. The summed E-state index contributed by atoms with van der Waals surface area (Å²) >= 11 is 3.41. The molecule has 0 aromatic heterocycles. The largest absolute Gasteiger partial charge is 0.294 e. The first-order chi connectivity index (χ1) is 5.06. The van der Waals surface area contributed by atoms with E-state index < -0.39 is 0 Å². The Labute approximate surface area is 77.6 Å². The predicted octanol–water partition coefficient (Wildman–Crippen LogP) is 2.42. The van der Waals surface area contributed by atoms with Gasteiger partial charge >= 0.3 is 0 Å². The second kappa shape index (κ2) is 3.28. The average molecular weight is 218 g/mol. The summed E-state index contributed by atoms with van der Waals surface area (Å²) in [5, 5.41) is 0.930. The van der Waals surface area contributed by atoms with Crippen molar-refractivity contribution in [3.63, 3.8) is 0 Å². The normalized spacial score (nSPS) is 22.8. The Kier molecular flexibility index (Phi) is 2.76. The van der Waals surface area contributed by atoms with Crippen LogP contribution in [0.4, 0.5) is 0 Å². The Hall–Kier alpha value is 0.180. The average Bonchev–Trinajstić information content (AvgIpc) is 1.98. The summed E-state index contributed by atoms with van der Waals surface area (Å²) in [5.41, 5.74) is 1.70. The summed E-state index contributed by atoms with van der Waals surface area (Å²) in [6.07, 6.45) is 1.32. The molecular formula is C9H16BrN. The lowest BCUT2D eigenvalue weighted by molar-refractivity contribution is 0.0261. The molecule has 0 atom stereocenters. The van der Waals surface area contributed by atoms with Crippen LogP contribution in [-0.4, -0.2) is 28.9 Å². The van der Waals surface area contributed by atoms with Gasteiger partial charge in [-0.05, 0) is 20.3 Å². The monoisotopic (exact) mass is 217 g/mol. The van der Waals surface area contributed by atoms with Crippen LogP contribution in [0.25, 0.3) is 0 Å². The summed E-state index contributed by atoms with van der Waals surface area (Å²) in [6, 6.07) is 0. The molecule has 1 aliphatic rings. The fraction of sp³-hybridized carbons (Fsp3) is 0.778. The van der Waals surface area contributed by atoms with Gasteiger partial charge in [-0.2, -0.15) is 0 Å². The molecule has 1 heterocycles. The highest BCUT2D eigenvalue weighted by molar-refractivity contribution is 9.09. The SMILES string of the molecule is C=C(CBr)CN1CCC1(C)C. The number of rotatable bonds is 3. The van der Waals surface area contributed by atoms with Crippen LogP contribution in [0.2, 0.25) is 0 Å². The standard InChI is InChI=1S/C9H16BrN/c1-8(6-10)7-11-5-4-9(11,2)3/h1,4-7H2,2-3H3. The third-order valence-electron chi connectivity index (χ3n) is 2.45. The topological polar surface area (TPSA) is 3.24 Å². The molecule has 11 heavy (non-hydrogen) atoms. The Morgan fingerprint density at radius 1 is 1.64 bits per heavy atom. The molecule has 2 heteroatoms. The van der Waals surface area contributed by atoms with Gasteiger partial charge in [0.05, 0.1) is 0 Å². The summed E-state index contributed by atoms with van der Waals surface area (Å²) < 4.78 is 0. The van der Waals surface area contributed by atoms with Crippen molar-refractivity contribution < 1.29 is 0 Å². The van der Waals surface area contributed by atoms with E-state index in [1.54, 1.807) is 0 Å². The zero-order chi connectivity index (χ0) is 8.48. The van der Waals surface area contributed by atoms with Crippen molar-refractivity contribution in [3.8, 4) is 0 Å². The van der Waals surface area contributed by atoms with Crippen LogP contribution in [0.3, 0.4) is 0 Å². The van der Waals surface area contributed by atoms with Gasteiger partial charge in [-0.15, -0.1) is 0 Å². The molecule has 0 spiro atoms. The van der Waals surface area contributed by atoms with Crippen LogP contribution in [0.5, 0.6) is 0 Å². The van der Waals surface area contributed by atoms with Crippen molar-refractivity contribution >= 4 is 15.9 Å². The second-order valence-corrected chi connectivity index (χ2v) is 4.43. The minimum atomic E-state index is 0.422. The lowest BCUT2D eigenvalue weighted by Gasteiger charge is -2.48. The molecule has 1 saturated heterocycles. The highest BCUT2D eigenvalue weighted by Gasteiger charge is 2.35.